The van der Waals surface area contributed by atoms with Crippen molar-refractivity contribution in [3.05, 3.63) is 58.0 Å². The highest BCUT2D eigenvalue weighted by Gasteiger charge is 2.35. The minimum atomic E-state index is -3.60. The smallest absolute Gasteiger partial charge is 0.243 e. The van der Waals surface area contributed by atoms with Gasteiger partial charge in [0.1, 0.15) is 0 Å². The number of sulfonamides is 1. The Hall–Kier alpha value is -1.61. The summed E-state index contributed by atoms with van der Waals surface area (Å²) in [4.78, 5) is 17.5. The summed E-state index contributed by atoms with van der Waals surface area (Å²) in [6.45, 7) is 3.42. The molecule has 4 rings (SSSR count). The van der Waals surface area contributed by atoms with Crippen LogP contribution in [0.5, 0.6) is 0 Å². The molecule has 1 amide bonds. The fourth-order valence-electron chi connectivity index (χ4n) is 4.23. The fourth-order valence-corrected chi connectivity index (χ4v) is 6.21. The molecule has 0 radical (unpaired) electrons. The van der Waals surface area contributed by atoms with E-state index >= 15 is 0 Å². The van der Waals surface area contributed by atoms with Crippen LogP contribution in [0.15, 0.2) is 57.9 Å². The van der Waals surface area contributed by atoms with Gasteiger partial charge < -0.3 is 9.80 Å². The summed E-state index contributed by atoms with van der Waals surface area (Å²) in [5.74, 6) is -0.238. The molecule has 2 heterocycles. The molecule has 2 fully saturated rings. The van der Waals surface area contributed by atoms with Gasteiger partial charge >= 0.3 is 0 Å². The lowest BCUT2D eigenvalue weighted by molar-refractivity contribution is -0.137. The van der Waals surface area contributed by atoms with Gasteiger partial charge in [0.05, 0.1) is 10.8 Å². The standard InChI is InChI=1S/C22H25BrClN3O3S/c23-18-6-8-21(9-7-18)31(29,30)27-10-2-3-17(16-27)22(28)26-13-11-25(12-14-26)20-5-1-4-19(24)15-20/h1,4-9,15,17H,2-3,10-14,16H2. The lowest BCUT2D eigenvalue weighted by Crippen LogP contribution is -2.53. The van der Waals surface area contributed by atoms with Crippen LogP contribution in [0.25, 0.3) is 0 Å². The molecule has 1 unspecified atom stereocenters. The molecule has 2 aliphatic rings. The van der Waals surface area contributed by atoms with E-state index in [1.165, 1.54) is 4.31 Å². The number of carbonyl (C=O) groups is 1. The summed E-state index contributed by atoms with van der Waals surface area (Å²) < 4.78 is 28.4. The van der Waals surface area contributed by atoms with Gasteiger partial charge in [-0.15, -0.1) is 0 Å². The molecular weight excluding hydrogens is 502 g/mol. The minimum absolute atomic E-state index is 0.0569. The number of amides is 1. The minimum Gasteiger partial charge on any atom is -0.368 e. The van der Waals surface area contributed by atoms with Gasteiger partial charge in [0.2, 0.25) is 15.9 Å². The number of hydrogen-bond acceptors (Lipinski definition) is 4. The second kappa shape index (κ2) is 9.48. The van der Waals surface area contributed by atoms with Crippen molar-refractivity contribution in [2.24, 2.45) is 5.92 Å². The number of benzene rings is 2. The van der Waals surface area contributed by atoms with Crippen LogP contribution >= 0.6 is 27.5 Å². The summed E-state index contributed by atoms with van der Waals surface area (Å²) in [6.07, 6.45) is 1.41. The van der Waals surface area contributed by atoms with E-state index < -0.39 is 10.0 Å². The number of carbonyl (C=O) groups excluding carboxylic acids is 1. The van der Waals surface area contributed by atoms with E-state index in [1.807, 2.05) is 29.2 Å². The molecule has 6 nitrogen and oxygen atoms in total. The molecule has 0 aromatic heterocycles. The predicted octanol–water partition coefficient (Wildman–Crippen LogP) is 3.85. The maximum Gasteiger partial charge on any atom is 0.243 e. The van der Waals surface area contributed by atoms with Crippen LogP contribution < -0.4 is 4.90 Å². The first kappa shape index (κ1) is 22.6. The Morgan fingerprint density at radius 2 is 1.71 bits per heavy atom. The SMILES string of the molecule is O=C(C1CCCN(S(=O)(=O)c2ccc(Br)cc2)C1)N1CCN(c2cccc(Cl)c2)CC1. The number of piperidine rings is 1. The van der Waals surface area contributed by atoms with Gasteiger partial charge in [0, 0.05) is 54.5 Å². The highest BCUT2D eigenvalue weighted by molar-refractivity contribution is 9.10. The molecule has 0 N–H and O–H groups in total. The second-order valence-corrected chi connectivity index (χ2v) is 11.2. The number of anilines is 1. The summed E-state index contributed by atoms with van der Waals surface area (Å²) in [7, 11) is -3.60. The molecule has 31 heavy (non-hydrogen) atoms. The average Bonchev–Trinajstić information content (AvgIpc) is 2.79. The van der Waals surface area contributed by atoms with E-state index in [4.69, 9.17) is 11.6 Å². The predicted molar refractivity (Wildman–Crippen MR) is 126 cm³/mol. The molecule has 2 aromatic rings. The lowest BCUT2D eigenvalue weighted by Gasteiger charge is -2.39. The highest BCUT2D eigenvalue weighted by Crippen LogP contribution is 2.27. The Bertz CT molecular complexity index is 1040. The molecular formula is C22H25BrClN3O3S. The zero-order valence-electron chi connectivity index (χ0n) is 17.1. The number of piperazine rings is 1. The van der Waals surface area contributed by atoms with E-state index in [2.05, 4.69) is 20.8 Å². The molecule has 2 aliphatic heterocycles. The zero-order chi connectivity index (χ0) is 22.0. The van der Waals surface area contributed by atoms with Crippen molar-refractivity contribution in [1.29, 1.82) is 0 Å². The third-order valence-electron chi connectivity index (χ3n) is 5.95. The van der Waals surface area contributed by atoms with Gasteiger partial charge in [-0.2, -0.15) is 4.31 Å². The van der Waals surface area contributed by atoms with E-state index in [-0.39, 0.29) is 23.3 Å². The van der Waals surface area contributed by atoms with Gasteiger partial charge in [0.15, 0.2) is 0 Å². The van der Waals surface area contributed by atoms with Crippen LogP contribution in [0.4, 0.5) is 5.69 Å². The summed E-state index contributed by atoms with van der Waals surface area (Å²) in [5, 5.41) is 0.699. The normalized spacial score (nSPS) is 20.6. The topological polar surface area (TPSA) is 60.9 Å². The summed E-state index contributed by atoms with van der Waals surface area (Å²) in [6, 6.07) is 14.4. The lowest BCUT2D eigenvalue weighted by atomic mass is 9.97. The summed E-state index contributed by atoms with van der Waals surface area (Å²) >= 11 is 9.43. The first-order valence-corrected chi connectivity index (χ1v) is 13.0. The number of halogens is 2. The molecule has 1 atom stereocenters. The molecule has 0 bridgehead atoms. The van der Waals surface area contributed by atoms with Crippen LogP contribution in [0.3, 0.4) is 0 Å². The summed E-state index contributed by atoms with van der Waals surface area (Å²) in [5.41, 5.74) is 1.06. The molecule has 0 spiro atoms. The van der Waals surface area contributed by atoms with Gasteiger partial charge in [-0.05, 0) is 55.3 Å². The van der Waals surface area contributed by atoms with E-state index in [0.717, 1.165) is 29.7 Å². The number of nitrogens with zero attached hydrogens (tertiary/aromatic N) is 3. The Labute approximate surface area is 196 Å². The molecule has 9 heteroatoms. The van der Waals surface area contributed by atoms with Crippen molar-refractivity contribution in [1.82, 2.24) is 9.21 Å². The third kappa shape index (κ3) is 5.08. The first-order chi connectivity index (χ1) is 14.8. The Morgan fingerprint density at radius 3 is 2.39 bits per heavy atom. The zero-order valence-corrected chi connectivity index (χ0v) is 20.2. The maximum absolute atomic E-state index is 13.2. The van der Waals surface area contributed by atoms with E-state index in [1.54, 1.807) is 24.3 Å². The van der Waals surface area contributed by atoms with Gasteiger partial charge in [-0.25, -0.2) is 8.42 Å². The van der Waals surface area contributed by atoms with Crippen molar-refractivity contribution < 1.29 is 13.2 Å². The largest absolute Gasteiger partial charge is 0.368 e. The Morgan fingerprint density at radius 1 is 1.00 bits per heavy atom. The third-order valence-corrected chi connectivity index (χ3v) is 8.59. The van der Waals surface area contributed by atoms with E-state index in [0.29, 0.717) is 31.1 Å². The molecule has 0 saturated carbocycles. The molecule has 2 aromatic carbocycles. The molecule has 166 valence electrons. The second-order valence-electron chi connectivity index (χ2n) is 7.95. The maximum atomic E-state index is 13.2. The highest BCUT2D eigenvalue weighted by atomic mass is 79.9. The van der Waals surface area contributed by atoms with Crippen LogP contribution in [0.2, 0.25) is 5.02 Å². The van der Waals surface area contributed by atoms with E-state index in [9.17, 15) is 13.2 Å². The fraction of sp³-hybridized carbons (Fsp3) is 0.409. The van der Waals surface area contributed by atoms with Crippen LogP contribution in [0, 0.1) is 5.92 Å². The van der Waals surface area contributed by atoms with Crippen molar-refractivity contribution >= 4 is 49.1 Å². The molecule has 2 saturated heterocycles. The van der Waals surface area contributed by atoms with Gasteiger partial charge in [-0.1, -0.05) is 33.6 Å². The van der Waals surface area contributed by atoms with Crippen molar-refractivity contribution in [3.8, 4) is 0 Å². The van der Waals surface area contributed by atoms with Crippen molar-refractivity contribution in [2.45, 2.75) is 17.7 Å². The van der Waals surface area contributed by atoms with Gasteiger partial charge in [0.25, 0.3) is 0 Å². The van der Waals surface area contributed by atoms with Crippen LogP contribution in [-0.4, -0.2) is 62.8 Å². The Kier molecular flexibility index (Phi) is 6.91. The van der Waals surface area contributed by atoms with Crippen molar-refractivity contribution in [3.63, 3.8) is 0 Å². The van der Waals surface area contributed by atoms with Gasteiger partial charge in [-0.3, -0.25) is 4.79 Å². The Balaban J connectivity index is 1.38. The average molecular weight is 527 g/mol. The quantitative estimate of drug-likeness (QED) is 0.607. The van der Waals surface area contributed by atoms with Crippen molar-refractivity contribution in [2.75, 3.05) is 44.2 Å². The van der Waals surface area contributed by atoms with Crippen LogP contribution in [0.1, 0.15) is 12.8 Å². The monoisotopic (exact) mass is 525 g/mol. The number of hydrogen-bond donors (Lipinski definition) is 0. The number of rotatable bonds is 4. The van der Waals surface area contributed by atoms with Crippen LogP contribution in [-0.2, 0) is 14.8 Å². The molecule has 0 aliphatic carbocycles. The first-order valence-electron chi connectivity index (χ1n) is 10.4.